The largest absolute Gasteiger partial charge is 0.324 e. The summed E-state index contributed by atoms with van der Waals surface area (Å²) in [6, 6.07) is 35.2. The fourth-order valence-electron chi connectivity index (χ4n) is 3.64. The fraction of sp³-hybridized carbons (Fsp3) is 0.0938. The molecule has 3 heterocycles. The average Bonchev–Trinajstić information content (AvgIpc) is 3.70. The summed E-state index contributed by atoms with van der Waals surface area (Å²) in [4.78, 5) is 0. The monoisotopic (exact) mass is 472 g/mol. The molecule has 0 bridgehead atoms. The lowest BCUT2D eigenvalue weighted by Crippen LogP contribution is -1.92. The Kier molecular flexibility index (Phi) is 8.34. The van der Waals surface area contributed by atoms with E-state index in [4.69, 9.17) is 0 Å². The molecule has 36 heavy (non-hydrogen) atoms. The third-order valence-corrected chi connectivity index (χ3v) is 5.64. The predicted octanol–water partition coefficient (Wildman–Crippen LogP) is 7.75. The molecule has 0 amide bonds. The van der Waals surface area contributed by atoms with Gasteiger partial charge in [-0.3, -0.25) is 0 Å². The summed E-state index contributed by atoms with van der Waals surface area (Å²) in [6.45, 7) is 6.28. The van der Waals surface area contributed by atoms with E-state index in [2.05, 4.69) is 120 Å². The van der Waals surface area contributed by atoms with Crippen molar-refractivity contribution in [1.82, 2.24) is 18.9 Å². The standard InChI is InChI=1S/2C11H11N.C10H10N2/c1-10-4-6-11(7-5-10)12-8-2-3-9-12;1-10-5-4-6-11(9-10)12-7-2-3-8-12;1-9-3-5-10(6-4-9)12-8-2-7-11-12/h2*2-9H,1H3;2-8H,1H3. The van der Waals surface area contributed by atoms with E-state index in [1.165, 1.54) is 28.1 Å². The van der Waals surface area contributed by atoms with Crippen LogP contribution in [-0.4, -0.2) is 18.9 Å². The first kappa shape index (κ1) is 24.6. The number of rotatable bonds is 3. The molecule has 3 aromatic heterocycles. The van der Waals surface area contributed by atoms with Crippen molar-refractivity contribution in [3.05, 3.63) is 157 Å². The third kappa shape index (κ3) is 6.97. The molecule has 6 rings (SSSR count). The molecule has 0 fully saturated rings. The first-order valence-corrected chi connectivity index (χ1v) is 12.1. The number of hydrogen-bond acceptors (Lipinski definition) is 1. The summed E-state index contributed by atoms with van der Waals surface area (Å²) in [5.74, 6) is 0. The number of hydrogen-bond donors (Lipinski definition) is 0. The maximum atomic E-state index is 4.13. The highest BCUT2D eigenvalue weighted by molar-refractivity contribution is 5.36. The molecular weight excluding hydrogens is 440 g/mol. The van der Waals surface area contributed by atoms with E-state index in [-0.39, 0.29) is 0 Å². The van der Waals surface area contributed by atoms with Gasteiger partial charge in [0, 0.05) is 48.6 Å². The van der Waals surface area contributed by atoms with E-state index >= 15 is 0 Å². The Hall–Kier alpha value is -4.57. The van der Waals surface area contributed by atoms with Crippen LogP contribution in [-0.2, 0) is 0 Å². The smallest absolute Gasteiger partial charge is 0.0645 e. The second-order valence-corrected chi connectivity index (χ2v) is 8.64. The van der Waals surface area contributed by atoms with Crippen molar-refractivity contribution in [3.63, 3.8) is 0 Å². The number of aryl methyl sites for hydroxylation is 3. The Morgan fingerprint density at radius 3 is 1.47 bits per heavy atom. The van der Waals surface area contributed by atoms with Crippen LogP contribution in [0.15, 0.2) is 140 Å². The van der Waals surface area contributed by atoms with Crippen molar-refractivity contribution in [1.29, 1.82) is 0 Å². The van der Waals surface area contributed by atoms with Crippen LogP contribution >= 0.6 is 0 Å². The van der Waals surface area contributed by atoms with Gasteiger partial charge in [0.1, 0.15) is 0 Å². The summed E-state index contributed by atoms with van der Waals surface area (Å²) in [6.07, 6.45) is 11.9. The van der Waals surface area contributed by atoms with Gasteiger partial charge in [-0.15, -0.1) is 0 Å². The first-order chi connectivity index (χ1) is 17.6. The molecule has 0 atom stereocenters. The molecule has 0 unspecified atom stereocenters. The Morgan fingerprint density at radius 2 is 0.972 bits per heavy atom. The quantitative estimate of drug-likeness (QED) is 0.259. The molecular formula is C32H32N4. The lowest BCUT2D eigenvalue weighted by atomic mass is 10.2. The first-order valence-electron chi connectivity index (χ1n) is 12.1. The third-order valence-electron chi connectivity index (χ3n) is 5.64. The highest BCUT2D eigenvalue weighted by atomic mass is 15.3. The van der Waals surface area contributed by atoms with Crippen LogP contribution in [0.3, 0.4) is 0 Å². The summed E-state index contributed by atoms with van der Waals surface area (Å²) < 4.78 is 6.05. The Balaban J connectivity index is 0.000000127. The van der Waals surface area contributed by atoms with Gasteiger partial charge >= 0.3 is 0 Å². The molecule has 0 spiro atoms. The van der Waals surface area contributed by atoms with Crippen LogP contribution in [0.4, 0.5) is 0 Å². The van der Waals surface area contributed by atoms with Crippen molar-refractivity contribution >= 4 is 0 Å². The van der Waals surface area contributed by atoms with Crippen molar-refractivity contribution in [3.8, 4) is 17.1 Å². The second-order valence-electron chi connectivity index (χ2n) is 8.64. The lowest BCUT2D eigenvalue weighted by molar-refractivity contribution is 0.880. The minimum absolute atomic E-state index is 1.10. The van der Waals surface area contributed by atoms with Crippen LogP contribution in [0.2, 0.25) is 0 Å². The van der Waals surface area contributed by atoms with Crippen molar-refractivity contribution in [2.24, 2.45) is 0 Å². The predicted molar refractivity (Wildman–Crippen MR) is 149 cm³/mol. The second kappa shape index (κ2) is 12.2. The zero-order valence-electron chi connectivity index (χ0n) is 21.1. The topological polar surface area (TPSA) is 27.7 Å². The molecule has 6 aromatic rings. The molecule has 4 nitrogen and oxygen atoms in total. The van der Waals surface area contributed by atoms with Crippen LogP contribution in [0.25, 0.3) is 17.1 Å². The van der Waals surface area contributed by atoms with Crippen LogP contribution in [0.1, 0.15) is 16.7 Å². The van der Waals surface area contributed by atoms with Gasteiger partial charge < -0.3 is 9.13 Å². The van der Waals surface area contributed by atoms with Gasteiger partial charge in [0.2, 0.25) is 0 Å². The summed E-state index contributed by atoms with van der Waals surface area (Å²) in [5, 5.41) is 4.13. The van der Waals surface area contributed by atoms with E-state index in [0.29, 0.717) is 0 Å². The Bertz CT molecular complexity index is 1330. The minimum Gasteiger partial charge on any atom is -0.324 e. The summed E-state index contributed by atoms with van der Waals surface area (Å²) >= 11 is 0. The maximum Gasteiger partial charge on any atom is 0.0645 e. The van der Waals surface area contributed by atoms with Crippen molar-refractivity contribution in [2.45, 2.75) is 20.8 Å². The molecule has 3 aromatic carbocycles. The van der Waals surface area contributed by atoms with Gasteiger partial charge in [0.25, 0.3) is 0 Å². The molecule has 180 valence electrons. The molecule has 4 heteroatoms. The van der Waals surface area contributed by atoms with E-state index < -0.39 is 0 Å². The van der Waals surface area contributed by atoms with Crippen LogP contribution in [0.5, 0.6) is 0 Å². The van der Waals surface area contributed by atoms with E-state index in [9.17, 15) is 0 Å². The molecule has 0 saturated heterocycles. The molecule has 0 aliphatic carbocycles. The average molecular weight is 473 g/mol. The number of nitrogens with zero attached hydrogens (tertiary/aromatic N) is 4. The molecule has 0 saturated carbocycles. The van der Waals surface area contributed by atoms with Crippen LogP contribution < -0.4 is 0 Å². The lowest BCUT2D eigenvalue weighted by Gasteiger charge is -2.02. The SMILES string of the molecule is Cc1ccc(-n2cccc2)cc1.Cc1ccc(-n2cccn2)cc1.Cc1cccc(-n2cccc2)c1. The molecule has 0 aliphatic heterocycles. The Morgan fingerprint density at radius 1 is 0.444 bits per heavy atom. The minimum atomic E-state index is 1.10. The van der Waals surface area contributed by atoms with E-state index in [0.717, 1.165) is 5.69 Å². The van der Waals surface area contributed by atoms with E-state index in [1.807, 2.05) is 53.6 Å². The maximum absolute atomic E-state index is 4.13. The van der Waals surface area contributed by atoms with Gasteiger partial charge in [-0.1, -0.05) is 47.5 Å². The molecule has 0 N–H and O–H groups in total. The summed E-state index contributed by atoms with van der Waals surface area (Å²) in [7, 11) is 0. The van der Waals surface area contributed by atoms with Gasteiger partial charge in [-0.25, -0.2) is 4.68 Å². The van der Waals surface area contributed by atoms with E-state index in [1.54, 1.807) is 6.20 Å². The fourth-order valence-corrected chi connectivity index (χ4v) is 3.64. The molecule has 0 aliphatic rings. The van der Waals surface area contributed by atoms with Crippen molar-refractivity contribution < 1.29 is 0 Å². The zero-order valence-corrected chi connectivity index (χ0v) is 21.1. The Labute approximate surface area is 213 Å². The van der Waals surface area contributed by atoms with Gasteiger partial charge in [-0.2, -0.15) is 5.10 Å². The highest BCUT2D eigenvalue weighted by Gasteiger charge is 1.94. The van der Waals surface area contributed by atoms with Crippen LogP contribution in [0, 0.1) is 20.8 Å². The number of benzene rings is 3. The number of aromatic nitrogens is 4. The molecule has 0 radical (unpaired) electrons. The van der Waals surface area contributed by atoms with Crippen molar-refractivity contribution in [2.75, 3.05) is 0 Å². The summed E-state index contributed by atoms with van der Waals surface area (Å²) in [5.41, 5.74) is 7.40. The highest BCUT2D eigenvalue weighted by Crippen LogP contribution is 2.10. The van der Waals surface area contributed by atoms with Gasteiger partial charge in [-0.05, 0) is 93.1 Å². The van der Waals surface area contributed by atoms with Gasteiger partial charge in [0.15, 0.2) is 0 Å². The zero-order chi connectivity index (χ0) is 25.2. The normalized spacial score (nSPS) is 10.1. The van der Waals surface area contributed by atoms with Gasteiger partial charge in [0.05, 0.1) is 5.69 Å².